The number of unbranched alkanes of at least 4 members (excludes halogenated alkanes) is 2. The van der Waals surface area contributed by atoms with E-state index in [-0.39, 0.29) is 17.1 Å². The second kappa shape index (κ2) is 6.28. The van der Waals surface area contributed by atoms with Crippen LogP contribution in [0.3, 0.4) is 0 Å². The van der Waals surface area contributed by atoms with Crippen LogP contribution in [0, 0.1) is 0 Å². The predicted octanol–water partition coefficient (Wildman–Crippen LogP) is 3.60. The average molecular weight is 274 g/mol. The molecule has 0 aliphatic heterocycles. The summed E-state index contributed by atoms with van der Waals surface area (Å²) in [5.41, 5.74) is -0.00213. The van der Waals surface area contributed by atoms with Crippen LogP contribution >= 0.6 is 0 Å². The topological polar surface area (TPSA) is 66.8 Å². The molecule has 0 fully saturated rings. The fourth-order valence-corrected chi connectivity index (χ4v) is 2.09. The lowest BCUT2D eigenvalue weighted by Crippen LogP contribution is -2.07. The van der Waals surface area contributed by atoms with Gasteiger partial charge >= 0.3 is 5.97 Å². The molecule has 4 heteroatoms. The summed E-state index contributed by atoms with van der Waals surface area (Å²) in [7, 11) is 0. The largest absolute Gasteiger partial charge is 0.507 e. The van der Waals surface area contributed by atoms with E-state index < -0.39 is 5.97 Å². The zero-order chi connectivity index (χ0) is 14.5. The second-order valence-electron chi connectivity index (χ2n) is 4.68. The van der Waals surface area contributed by atoms with Crippen LogP contribution in [-0.2, 0) is 4.74 Å². The molecule has 0 aliphatic carbocycles. The van der Waals surface area contributed by atoms with Crippen LogP contribution in [0.5, 0.6) is 11.5 Å². The first-order chi connectivity index (χ1) is 9.65. The van der Waals surface area contributed by atoms with E-state index in [0.717, 1.165) is 19.3 Å². The van der Waals surface area contributed by atoms with Crippen LogP contribution in [0.4, 0.5) is 0 Å². The van der Waals surface area contributed by atoms with E-state index in [2.05, 4.69) is 6.92 Å². The van der Waals surface area contributed by atoms with Crippen molar-refractivity contribution in [1.82, 2.24) is 0 Å². The Labute approximate surface area is 117 Å². The normalized spacial score (nSPS) is 10.7. The number of rotatable bonds is 5. The lowest BCUT2D eigenvalue weighted by molar-refractivity contribution is 0.0495. The van der Waals surface area contributed by atoms with E-state index in [9.17, 15) is 15.0 Å². The molecule has 4 nitrogen and oxygen atoms in total. The minimum Gasteiger partial charge on any atom is -0.507 e. The lowest BCUT2D eigenvalue weighted by atomic mass is 10.0. The molecule has 0 saturated heterocycles. The van der Waals surface area contributed by atoms with E-state index in [0.29, 0.717) is 17.4 Å². The van der Waals surface area contributed by atoms with Gasteiger partial charge < -0.3 is 14.9 Å². The molecule has 0 unspecified atom stereocenters. The van der Waals surface area contributed by atoms with Crippen molar-refractivity contribution in [2.45, 2.75) is 26.2 Å². The molecule has 20 heavy (non-hydrogen) atoms. The van der Waals surface area contributed by atoms with Gasteiger partial charge in [0.1, 0.15) is 17.1 Å². The number of benzene rings is 2. The highest BCUT2D eigenvalue weighted by atomic mass is 16.5. The summed E-state index contributed by atoms with van der Waals surface area (Å²) < 4.78 is 5.10. The third-order valence-electron chi connectivity index (χ3n) is 3.20. The van der Waals surface area contributed by atoms with Gasteiger partial charge in [0, 0.05) is 10.8 Å². The fraction of sp³-hybridized carbons (Fsp3) is 0.312. The van der Waals surface area contributed by atoms with E-state index in [1.54, 1.807) is 24.3 Å². The van der Waals surface area contributed by atoms with Gasteiger partial charge in [0.2, 0.25) is 0 Å². The Kier molecular flexibility index (Phi) is 4.45. The van der Waals surface area contributed by atoms with Gasteiger partial charge in [-0.1, -0.05) is 44.0 Å². The van der Waals surface area contributed by atoms with Crippen molar-refractivity contribution in [3.63, 3.8) is 0 Å². The molecule has 2 N–H and O–H groups in total. The van der Waals surface area contributed by atoms with Crippen molar-refractivity contribution >= 4 is 16.7 Å². The molecule has 0 aliphatic rings. The monoisotopic (exact) mass is 274 g/mol. The highest BCUT2D eigenvalue weighted by Gasteiger charge is 2.17. The Balaban J connectivity index is 2.26. The van der Waals surface area contributed by atoms with Gasteiger partial charge in [-0.25, -0.2) is 4.79 Å². The maximum atomic E-state index is 11.9. The Morgan fingerprint density at radius 1 is 1.15 bits per heavy atom. The van der Waals surface area contributed by atoms with Crippen LogP contribution in [0.1, 0.15) is 36.5 Å². The molecule has 2 rings (SSSR count). The van der Waals surface area contributed by atoms with Gasteiger partial charge in [0.15, 0.2) is 0 Å². The zero-order valence-electron chi connectivity index (χ0n) is 11.4. The molecule has 0 amide bonds. The number of esters is 1. The molecule has 0 heterocycles. The molecule has 0 aromatic heterocycles. The minimum absolute atomic E-state index is 0.00213. The van der Waals surface area contributed by atoms with Crippen molar-refractivity contribution in [3.8, 4) is 11.5 Å². The maximum absolute atomic E-state index is 11.9. The van der Waals surface area contributed by atoms with Crippen molar-refractivity contribution in [2.24, 2.45) is 0 Å². The molecule has 0 atom stereocenters. The highest BCUT2D eigenvalue weighted by molar-refractivity contribution is 6.03. The van der Waals surface area contributed by atoms with Crippen LogP contribution in [0.15, 0.2) is 30.3 Å². The molecule has 2 aromatic rings. The number of phenols is 2. The summed E-state index contributed by atoms with van der Waals surface area (Å²) in [6, 6.07) is 8.07. The summed E-state index contributed by atoms with van der Waals surface area (Å²) in [6.07, 6.45) is 2.82. The number of phenolic OH excluding ortho intramolecular Hbond substituents is 2. The number of carbonyl (C=O) groups is 1. The standard InChI is InChI=1S/C16H18O4/c1-2-3-6-9-20-16(19)13-10-14(17)11-7-4-5-8-12(11)15(13)18/h4-5,7-8,10,17-18H,2-3,6,9H2,1H3. The van der Waals surface area contributed by atoms with E-state index in [1.165, 1.54) is 6.07 Å². The second-order valence-corrected chi connectivity index (χ2v) is 4.68. The van der Waals surface area contributed by atoms with Gasteiger partial charge in [0.25, 0.3) is 0 Å². The summed E-state index contributed by atoms with van der Waals surface area (Å²) >= 11 is 0. The lowest BCUT2D eigenvalue weighted by Gasteiger charge is -2.10. The summed E-state index contributed by atoms with van der Waals surface area (Å²) in [6.45, 7) is 2.38. The van der Waals surface area contributed by atoms with Crippen LogP contribution in [-0.4, -0.2) is 22.8 Å². The predicted molar refractivity (Wildman–Crippen MR) is 77.1 cm³/mol. The number of aromatic hydroxyl groups is 2. The summed E-state index contributed by atoms with van der Waals surface area (Å²) in [5.74, 6) is -0.808. The molecule has 0 bridgehead atoms. The van der Waals surface area contributed by atoms with Gasteiger partial charge in [-0.15, -0.1) is 0 Å². The number of hydrogen-bond acceptors (Lipinski definition) is 4. The SMILES string of the molecule is CCCCCOC(=O)c1cc(O)c2ccccc2c1O. The average Bonchev–Trinajstić information content (AvgIpc) is 2.47. The molecule has 0 saturated carbocycles. The number of hydrogen-bond donors (Lipinski definition) is 2. The van der Waals surface area contributed by atoms with Crippen LogP contribution < -0.4 is 0 Å². The van der Waals surface area contributed by atoms with Crippen LogP contribution in [0.25, 0.3) is 10.8 Å². The Hall–Kier alpha value is -2.23. The summed E-state index contributed by atoms with van der Waals surface area (Å²) in [5, 5.41) is 21.0. The van der Waals surface area contributed by atoms with Crippen molar-refractivity contribution in [2.75, 3.05) is 6.61 Å². The first kappa shape index (κ1) is 14.2. The first-order valence-electron chi connectivity index (χ1n) is 6.76. The molecule has 2 aromatic carbocycles. The van der Waals surface area contributed by atoms with Gasteiger partial charge in [-0.2, -0.15) is 0 Å². The Morgan fingerprint density at radius 3 is 2.55 bits per heavy atom. The summed E-state index contributed by atoms with van der Waals surface area (Å²) in [4.78, 5) is 11.9. The smallest absolute Gasteiger partial charge is 0.342 e. The van der Waals surface area contributed by atoms with Crippen molar-refractivity contribution < 1.29 is 19.7 Å². The Morgan fingerprint density at radius 2 is 1.85 bits per heavy atom. The zero-order valence-corrected chi connectivity index (χ0v) is 11.4. The van der Waals surface area contributed by atoms with E-state index >= 15 is 0 Å². The van der Waals surface area contributed by atoms with Crippen molar-refractivity contribution in [3.05, 3.63) is 35.9 Å². The quantitative estimate of drug-likeness (QED) is 0.496. The fourth-order valence-electron chi connectivity index (χ4n) is 2.09. The first-order valence-corrected chi connectivity index (χ1v) is 6.76. The van der Waals surface area contributed by atoms with Gasteiger partial charge in [-0.05, 0) is 12.5 Å². The molecule has 0 spiro atoms. The van der Waals surface area contributed by atoms with Gasteiger partial charge in [-0.3, -0.25) is 0 Å². The highest BCUT2D eigenvalue weighted by Crippen LogP contribution is 2.35. The third kappa shape index (κ3) is 2.85. The van der Waals surface area contributed by atoms with E-state index in [4.69, 9.17) is 4.74 Å². The molecule has 106 valence electrons. The van der Waals surface area contributed by atoms with Crippen molar-refractivity contribution in [1.29, 1.82) is 0 Å². The molecule has 0 radical (unpaired) electrons. The van der Waals surface area contributed by atoms with E-state index in [1.807, 2.05) is 0 Å². The Bertz CT molecular complexity index is 619. The molecular formula is C16H18O4. The number of fused-ring (bicyclic) bond motifs is 1. The third-order valence-corrected chi connectivity index (χ3v) is 3.20. The minimum atomic E-state index is -0.611. The number of ether oxygens (including phenoxy) is 1. The van der Waals surface area contributed by atoms with Gasteiger partial charge in [0.05, 0.1) is 6.61 Å². The maximum Gasteiger partial charge on any atom is 0.342 e. The molecular weight excluding hydrogens is 256 g/mol. The van der Waals surface area contributed by atoms with Crippen LogP contribution in [0.2, 0.25) is 0 Å². The number of carbonyl (C=O) groups excluding carboxylic acids is 1.